The maximum absolute atomic E-state index is 5.51. The van der Waals surface area contributed by atoms with E-state index in [-0.39, 0.29) is 0 Å². The fourth-order valence-corrected chi connectivity index (χ4v) is 2.65. The van der Waals surface area contributed by atoms with Crippen molar-refractivity contribution in [3.63, 3.8) is 0 Å². The molecule has 1 rings (SSSR count). The highest BCUT2D eigenvalue weighted by atomic mass is 16.5. The third-order valence-corrected chi connectivity index (χ3v) is 3.66. The summed E-state index contributed by atoms with van der Waals surface area (Å²) in [5.41, 5.74) is 0. The Kier molecular flexibility index (Phi) is 6.26. The van der Waals surface area contributed by atoms with Crippen LogP contribution >= 0.6 is 0 Å². The van der Waals surface area contributed by atoms with Crippen LogP contribution in [-0.4, -0.2) is 26.4 Å². The van der Waals surface area contributed by atoms with Gasteiger partial charge in [-0.1, -0.05) is 32.6 Å². The van der Waals surface area contributed by atoms with Crippen LogP contribution in [0.15, 0.2) is 0 Å². The average molecular weight is 214 g/mol. The highest BCUT2D eigenvalue weighted by Crippen LogP contribution is 2.31. The first-order chi connectivity index (χ1) is 7.31. The number of methoxy groups -OCH3 is 2. The largest absolute Gasteiger partial charge is 0.379 e. The summed E-state index contributed by atoms with van der Waals surface area (Å²) in [6.45, 7) is 2.26. The molecule has 2 heteroatoms. The fraction of sp³-hybridized carbons (Fsp3) is 1.00. The molecule has 0 aromatic heterocycles. The molecule has 0 heterocycles. The summed E-state index contributed by atoms with van der Waals surface area (Å²) in [6.07, 6.45) is 9.81. The number of hydrogen-bond acceptors (Lipinski definition) is 2. The molecular weight excluding hydrogens is 188 g/mol. The topological polar surface area (TPSA) is 18.5 Å². The molecule has 0 aromatic carbocycles. The van der Waals surface area contributed by atoms with Crippen molar-refractivity contribution in [1.82, 2.24) is 0 Å². The lowest BCUT2D eigenvalue weighted by Gasteiger charge is -2.34. The zero-order chi connectivity index (χ0) is 11.1. The van der Waals surface area contributed by atoms with E-state index in [1.54, 1.807) is 7.11 Å². The molecule has 1 aliphatic rings. The van der Waals surface area contributed by atoms with Gasteiger partial charge in [0.1, 0.15) is 0 Å². The lowest BCUT2D eigenvalue weighted by Crippen LogP contribution is -2.36. The smallest absolute Gasteiger partial charge is 0.0835 e. The molecule has 0 radical (unpaired) electrons. The molecular formula is C13H26O2. The molecule has 2 nitrogen and oxygen atoms in total. The number of hydrogen-bond donors (Lipinski definition) is 0. The molecule has 0 spiro atoms. The molecule has 3 unspecified atom stereocenters. The zero-order valence-corrected chi connectivity index (χ0v) is 10.5. The van der Waals surface area contributed by atoms with Gasteiger partial charge in [-0.25, -0.2) is 0 Å². The lowest BCUT2D eigenvalue weighted by atomic mass is 9.82. The van der Waals surface area contributed by atoms with Gasteiger partial charge >= 0.3 is 0 Å². The standard InChI is InChI=1S/C13H26O2/c1-4-5-6-7-11-8-9-12(14-2)13(10-11)15-3/h11-13H,4-10H2,1-3H3. The van der Waals surface area contributed by atoms with Crippen molar-refractivity contribution in [2.75, 3.05) is 14.2 Å². The van der Waals surface area contributed by atoms with Crippen LogP contribution in [0.5, 0.6) is 0 Å². The summed E-state index contributed by atoms with van der Waals surface area (Å²) >= 11 is 0. The highest BCUT2D eigenvalue weighted by Gasteiger charge is 2.29. The van der Waals surface area contributed by atoms with Gasteiger partial charge in [0.15, 0.2) is 0 Å². The minimum absolute atomic E-state index is 0.329. The number of rotatable bonds is 6. The van der Waals surface area contributed by atoms with Gasteiger partial charge in [0.2, 0.25) is 0 Å². The first-order valence-corrected chi connectivity index (χ1v) is 6.37. The van der Waals surface area contributed by atoms with Crippen molar-refractivity contribution in [1.29, 1.82) is 0 Å². The molecule has 0 aromatic rings. The predicted octanol–water partition coefficient (Wildman–Crippen LogP) is 3.40. The van der Waals surface area contributed by atoms with Gasteiger partial charge in [0.05, 0.1) is 12.2 Å². The molecule has 0 aliphatic heterocycles. The molecule has 15 heavy (non-hydrogen) atoms. The van der Waals surface area contributed by atoms with Gasteiger partial charge in [0.25, 0.3) is 0 Å². The fourth-order valence-electron chi connectivity index (χ4n) is 2.65. The molecule has 0 amide bonds. The molecule has 1 aliphatic carbocycles. The monoisotopic (exact) mass is 214 g/mol. The highest BCUT2D eigenvalue weighted by molar-refractivity contribution is 4.81. The van der Waals surface area contributed by atoms with Gasteiger partial charge in [-0.3, -0.25) is 0 Å². The van der Waals surface area contributed by atoms with Gasteiger partial charge in [0, 0.05) is 14.2 Å². The van der Waals surface area contributed by atoms with Crippen LogP contribution in [-0.2, 0) is 9.47 Å². The van der Waals surface area contributed by atoms with Crippen LogP contribution in [0, 0.1) is 5.92 Å². The van der Waals surface area contributed by atoms with E-state index in [2.05, 4.69) is 6.92 Å². The Balaban J connectivity index is 2.26. The van der Waals surface area contributed by atoms with Crippen molar-refractivity contribution in [3.8, 4) is 0 Å². The normalized spacial score (nSPS) is 31.8. The third kappa shape index (κ3) is 4.12. The van der Waals surface area contributed by atoms with Gasteiger partial charge < -0.3 is 9.47 Å². The van der Waals surface area contributed by atoms with Crippen molar-refractivity contribution in [2.24, 2.45) is 5.92 Å². The predicted molar refractivity (Wildman–Crippen MR) is 63.1 cm³/mol. The van der Waals surface area contributed by atoms with Crippen LogP contribution in [0.4, 0.5) is 0 Å². The molecule has 1 fully saturated rings. The minimum Gasteiger partial charge on any atom is -0.379 e. The van der Waals surface area contributed by atoms with E-state index in [9.17, 15) is 0 Å². The molecule has 1 saturated carbocycles. The quantitative estimate of drug-likeness (QED) is 0.631. The maximum Gasteiger partial charge on any atom is 0.0835 e. The van der Waals surface area contributed by atoms with E-state index < -0.39 is 0 Å². The van der Waals surface area contributed by atoms with E-state index >= 15 is 0 Å². The molecule has 3 atom stereocenters. The Hall–Kier alpha value is -0.0800. The Morgan fingerprint density at radius 1 is 1.00 bits per heavy atom. The first kappa shape index (κ1) is 13.0. The summed E-state index contributed by atoms with van der Waals surface area (Å²) in [5, 5.41) is 0. The SMILES string of the molecule is CCCCCC1CCC(OC)C(OC)C1. The van der Waals surface area contributed by atoms with Crippen LogP contribution in [0.3, 0.4) is 0 Å². The average Bonchev–Trinajstić information content (AvgIpc) is 2.29. The van der Waals surface area contributed by atoms with Gasteiger partial charge in [-0.05, 0) is 25.2 Å². The van der Waals surface area contributed by atoms with Crippen LogP contribution in [0.25, 0.3) is 0 Å². The maximum atomic E-state index is 5.51. The van der Waals surface area contributed by atoms with Crippen LogP contribution < -0.4 is 0 Å². The zero-order valence-electron chi connectivity index (χ0n) is 10.5. The number of unbranched alkanes of at least 4 members (excludes halogenated alkanes) is 2. The first-order valence-electron chi connectivity index (χ1n) is 6.37. The minimum atomic E-state index is 0.329. The van der Waals surface area contributed by atoms with Crippen LogP contribution in [0.2, 0.25) is 0 Å². The Labute approximate surface area is 94.3 Å². The van der Waals surface area contributed by atoms with Crippen molar-refractivity contribution in [2.45, 2.75) is 64.1 Å². The molecule has 0 saturated heterocycles. The third-order valence-electron chi connectivity index (χ3n) is 3.66. The summed E-state index contributed by atoms with van der Waals surface area (Å²) in [6, 6.07) is 0. The second-order valence-electron chi connectivity index (χ2n) is 4.72. The Morgan fingerprint density at radius 2 is 1.73 bits per heavy atom. The van der Waals surface area contributed by atoms with Crippen LogP contribution in [0.1, 0.15) is 51.9 Å². The van der Waals surface area contributed by atoms with E-state index in [4.69, 9.17) is 9.47 Å². The van der Waals surface area contributed by atoms with Gasteiger partial charge in [-0.2, -0.15) is 0 Å². The Morgan fingerprint density at radius 3 is 2.33 bits per heavy atom. The van der Waals surface area contributed by atoms with E-state index in [1.807, 2.05) is 7.11 Å². The summed E-state index contributed by atoms with van der Waals surface area (Å²) in [5.74, 6) is 0.868. The summed E-state index contributed by atoms with van der Waals surface area (Å²) in [7, 11) is 3.61. The van der Waals surface area contributed by atoms with E-state index in [1.165, 1.54) is 44.9 Å². The summed E-state index contributed by atoms with van der Waals surface area (Å²) in [4.78, 5) is 0. The van der Waals surface area contributed by atoms with Crippen molar-refractivity contribution >= 4 is 0 Å². The van der Waals surface area contributed by atoms with E-state index in [0.717, 1.165) is 5.92 Å². The molecule has 90 valence electrons. The number of ether oxygens (including phenoxy) is 2. The Bertz CT molecular complexity index is 157. The summed E-state index contributed by atoms with van der Waals surface area (Å²) < 4.78 is 10.9. The lowest BCUT2D eigenvalue weighted by molar-refractivity contribution is -0.0712. The van der Waals surface area contributed by atoms with Gasteiger partial charge in [-0.15, -0.1) is 0 Å². The second-order valence-corrected chi connectivity index (χ2v) is 4.72. The van der Waals surface area contributed by atoms with E-state index in [0.29, 0.717) is 12.2 Å². The molecule has 0 N–H and O–H groups in total. The van der Waals surface area contributed by atoms with Crippen molar-refractivity contribution in [3.05, 3.63) is 0 Å². The second kappa shape index (κ2) is 7.24. The van der Waals surface area contributed by atoms with Crippen molar-refractivity contribution < 1.29 is 9.47 Å². The molecule has 0 bridgehead atoms.